The molecule has 0 spiro atoms. The Labute approximate surface area is 228 Å². The summed E-state index contributed by atoms with van der Waals surface area (Å²) in [6, 6.07) is -0.191. The molecule has 0 aliphatic carbocycles. The monoisotopic (exact) mass is 541 g/mol. The molecule has 0 aromatic heterocycles. The molecule has 11 heteroatoms. The van der Waals surface area contributed by atoms with Crippen LogP contribution in [0.15, 0.2) is 0 Å². The second kappa shape index (κ2) is 17.0. The zero-order valence-corrected chi connectivity index (χ0v) is 24.9. The number of amides is 5. The Hall–Kier alpha value is -2.69. The fourth-order valence-electron chi connectivity index (χ4n) is 3.39. The van der Waals surface area contributed by atoms with Crippen LogP contribution in [0.25, 0.3) is 0 Å². The first-order valence-electron chi connectivity index (χ1n) is 13.5. The topological polar surface area (TPSA) is 146 Å². The minimum Gasteiger partial charge on any atom is -0.375 e. The maximum absolute atomic E-state index is 12.8. The zero-order valence-electron chi connectivity index (χ0n) is 24.9. The van der Waals surface area contributed by atoms with E-state index in [-0.39, 0.29) is 61.8 Å². The number of rotatable bonds is 18. The SMILES string of the molecule is CCC(=O)NCCC(C)(C)OCCC(C)(C)C(=O)NCCC(=O)N(CC(=O)NC(C)C)CC(=O)NC(C)C. The van der Waals surface area contributed by atoms with Gasteiger partial charge in [0, 0.05) is 50.0 Å². The Morgan fingerprint density at radius 3 is 1.76 bits per heavy atom. The van der Waals surface area contributed by atoms with Crippen molar-refractivity contribution in [2.24, 2.45) is 5.41 Å². The van der Waals surface area contributed by atoms with Crippen LogP contribution in [0.1, 0.15) is 88.0 Å². The Balaban J connectivity index is 4.77. The normalized spacial score (nSPS) is 11.8. The van der Waals surface area contributed by atoms with Gasteiger partial charge >= 0.3 is 0 Å². The quantitative estimate of drug-likeness (QED) is 0.207. The van der Waals surface area contributed by atoms with Crippen LogP contribution >= 0.6 is 0 Å². The summed E-state index contributed by atoms with van der Waals surface area (Å²) >= 11 is 0. The average molecular weight is 542 g/mol. The van der Waals surface area contributed by atoms with Crippen molar-refractivity contribution in [2.75, 3.05) is 32.8 Å². The van der Waals surface area contributed by atoms with Gasteiger partial charge < -0.3 is 30.9 Å². The Morgan fingerprint density at radius 1 is 0.763 bits per heavy atom. The average Bonchev–Trinajstić information content (AvgIpc) is 2.76. The second-order valence-electron chi connectivity index (χ2n) is 11.4. The largest absolute Gasteiger partial charge is 0.375 e. The predicted octanol–water partition coefficient (Wildman–Crippen LogP) is 1.50. The van der Waals surface area contributed by atoms with E-state index in [1.54, 1.807) is 20.8 Å². The van der Waals surface area contributed by atoms with E-state index in [4.69, 9.17) is 4.74 Å². The molecule has 0 aromatic rings. The first-order valence-corrected chi connectivity index (χ1v) is 13.5. The van der Waals surface area contributed by atoms with Gasteiger partial charge in [0.15, 0.2) is 0 Å². The molecule has 0 heterocycles. The van der Waals surface area contributed by atoms with E-state index in [9.17, 15) is 24.0 Å². The van der Waals surface area contributed by atoms with Crippen molar-refractivity contribution < 1.29 is 28.7 Å². The summed E-state index contributed by atoms with van der Waals surface area (Å²) < 4.78 is 5.97. The number of hydrogen-bond donors (Lipinski definition) is 4. The van der Waals surface area contributed by atoms with E-state index in [1.807, 2.05) is 41.5 Å². The third-order valence-electron chi connectivity index (χ3n) is 5.75. The predicted molar refractivity (Wildman–Crippen MR) is 147 cm³/mol. The maximum Gasteiger partial charge on any atom is 0.239 e. The van der Waals surface area contributed by atoms with Crippen LogP contribution in [-0.4, -0.2) is 84.9 Å². The number of hydrogen-bond acceptors (Lipinski definition) is 6. The van der Waals surface area contributed by atoms with Crippen molar-refractivity contribution in [3.63, 3.8) is 0 Å². The van der Waals surface area contributed by atoms with Crippen molar-refractivity contribution in [3.8, 4) is 0 Å². The summed E-state index contributed by atoms with van der Waals surface area (Å²) in [6.45, 7) is 17.0. The molecule has 0 radical (unpaired) electrons. The summed E-state index contributed by atoms with van der Waals surface area (Å²) in [6.07, 6.45) is 1.51. The molecule has 0 saturated heterocycles. The molecule has 0 aliphatic rings. The second-order valence-corrected chi connectivity index (χ2v) is 11.4. The number of carbonyl (C=O) groups excluding carboxylic acids is 5. The van der Waals surface area contributed by atoms with Crippen LogP contribution in [0.3, 0.4) is 0 Å². The fourth-order valence-corrected chi connectivity index (χ4v) is 3.39. The highest BCUT2D eigenvalue weighted by molar-refractivity contribution is 5.89. The van der Waals surface area contributed by atoms with Crippen molar-refractivity contribution in [3.05, 3.63) is 0 Å². The van der Waals surface area contributed by atoms with Crippen LogP contribution in [0.5, 0.6) is 0 Å². The smallest absolute Gasteiger partial charge is 0.239 e. The summed E-state index contributed by atoms with van der Waals surface area (Å²) in [5, 5.41) is 11.1. The highest BCUT2D eigenvalue weighted by atomic mass is 16.5. The van der Waals surface area contributed by atoms with E-state index in [0.29, 0.717) is 32.4 Å². The Morgan fingerprint density at radius 2 is 1.29 bits per heavy atom. The fraction of sp³-hybridized carbons (Fsp3) is 0.815. The molecule has 0 atom stereocenters. The molecular weight excluding hydrogens is 490 g/mol. The Bertz CT molecular complexity index is 771. The first-order chi connectivity index (χ1) is 17.5. The third-order valence-corrected chi connectivity index (χ3v) is 5.75. The van der Waals surface area contributed by atoms with Crippen LogP contribution in [-0.2, 0) is 28.7 Å². The van der Waals surface area contributed by atoms with Gasteiger partial charge in [-0.1, -0.05) is 20.8 Å². The summed E-state index contributed by atoms with van der Waals surface area (Å²) in [7, 11) is 0. The summed E-state index contributed by atoms with van der Waals surface area (Å²) in [4.78, 5) is 62.6. The molecule has 0 aliphatic heterocycles. The van der Waals surface area contributed by atoms with Gasteiger partial charge in [0.1, 0.15) is 13.1 Å². The lowest BCUT2D eigenvalue weighted by atomic mass is 9.88. The van der Waals surface area contributed by atoms with Gasteiger partial charge in [-0.15, -0.1) is 0 Å². The molecule has 4 N–H and O–H groups in total. The molecular formula is C27H51N5O6. The number of nitrogens with zero attached hydrogens (tertiary/aromatic N) is 1. The van der Waals surface area contributed by atoms with Gasteiger partial charge in [0.05, 0.1) is 5.60 Å². The van der Waals surface area contributed by atoms with Crippen LogP contribution in [0, 0.1) is 5.41 Å². The van der Waals surface area contributed by atoms with Crippen LogP contribution < -0.4 is 21.3 Å². The number of carbonyl (C=O) groups is 5. The molecule has 220 valence electrons. The lowest BCUT2D eigenvalue weighted by Gasteiger charge is -2.29. The molecule has 5 amide bonds. The van der Waals surface area contributed by atoms with Crippen molar-refractivity contribution in [1.29, 1.82) is 0 Å². The highest BCUT2D eigenvalue weighted by Crippen LogP contribution is 2.23. The van der Waals surface area contributed by atoms with Crippen molar-refractivity contribution >= 4 is 29.5 Å². The standard InChI is InChI=1S/C27H51N5O6/c1-10-21(33)28-15-12-27(8,9)38-16-13-26(6,7)25(37)29-14-11-24(36)32(17-22(34)30-19(2)3)18-23(35)31-20(4)5/h19-20H,10-18H2,1-9H3,(H,28,33)(H,29,37)(H,30,34)(H,31,35). The lowest BCUT2D eigenvalue weighted by Crippen LogP contribution is -2.48. The molecule has 38 heavy (non-hydrogen) atoms. The van der Waals surface area contributed by atoms with Gasteiger partial charge in [-0.25, -0.2) is 0 Å². The van der Waals surface area contributed by atoms with Gasteiger partial charge in [-0.05, 0) is 54.4 Å². The van der Waals surface area contributed by atoms with Crippen molar-refractivity contribution in [1.82, 2.24) is 26.2 Å². The third kappa shape index (κ3) is 16.2. The van der Waals surface area contributed by atoms with Gasteiger partial charge in [-0.2, -0.15) is 0 Å². The number of nitrogens with one attached hydrogen (secondary N) is 4. The highest BCUT2D eigenvalue weighted by Gasteiger charge is 2.29. The molecule has 0 saturated carbocycles. The minimum atomic E-state index is -0.733. The van der Waals surface area contributed by atoms with Crippen LogP contribution in [0.4, 0.5) is 0 Å². The number of ether oxygens (including phenoxy) is 1. The summed E-state index contributed by atoms with van der Waals surface area (Å²) in [5.74, 6) is -1.33. The Kier molecular flexibility index (Phi) is 15.8. The van der Waals surface area contributed by atoms with E-state index >= 15 is 0 Å². The van der Waals surface area contributed by atoms with Crippen molar-refractivity contribution in [2.45, 2.75) is 106 Å². The maximum atomic E-state index is 12.8. The zero-order chi connectivity index (χ0) is 29.5. The molecule has 0 bridgehead atoms. The first kappa shape index (κ1) is 35.3. The van der Waals surface area contributed by atoms with Crippen LogP contribution in [0.2, 0.25) is 0 Å². The van der Waals surface area contributed by atoms with E-state index < -0.39 is 16.9 Å². The van der Waals surface area contributed by atoms with Gasteiger partial charge in [0.2, 0.25) is 29.5 Å². The van der Waals surface area contributed by atoms with E-state index in [0.717, 1.165) is 0 Å². The molecule has 0 aromatic carbocycles. The molecule has 0 unspecified atom stereocenters. The summed E-state index contributed by atoms with van der Waals surface area (Å²) in [5.41, 5.74) is -1.18. The molecule has 0 rings (SSSR count). The minimum absolute atomic E-state index is 0.00199. The van der Waals surface area contributed by atoms with Gasteiger partial charge in [0.25, 0.3) is 0 Å². The van der Waals surface area contributed by atoms with E-state index in [2.05, 4.69) is 21.3 Å². The molecule has 0 fully saturated rings. The molecule has 11 nitrogen and oxygen atoms in total. The van der Waals surface area contributed by atoms with Gasteiger partial charge in [-0.3, -0.25) is 24.0 Å². The lowest BCUT2D eigenvalue weighted by molar-refractivity contribution is -0.140. The van der Waals surface area contributed by atoms with E-state index in [1.165, 1.54) is 4.90 Å².